The number of nitrogens with zero attached hydrogens (tertiary/aromatic N) is 3. The van der Waals surface area contributed by atoms with Crippen molar-refractivity contribution in [2.75, 3.05) is 0 Å². The first kappa shape index (κ1) is 12.1. The topological polar surface area (TPSA) is 42.7 Å². The summed E-state index contributed by atoms with van der Waals surface area (Å²) in [5, 5.41) is 12.1. The zero-order valence-electron chi connectivity index (χ0n) is 9.89. The Kier molecular flexibility index (Phi) is 3.76. The summed E-state index contributed by atoms with van der Waals surface area (Å²) in [4.78, 5) is 0. The fraction of sp³-hybridized carbons (Fsp3) is 0.333. The van der Waals surface area contributed by atoms with Crippen LogP contribution >= 0.6 is 11.6 Å². The molecule has 5 heteroatoms. The van der Waals surface area contributed by atoms with Crippen molar-refractivity contribution in [1.29, 1.82) is 0 Å². The molecule has 2 rings (SSSR count). The molecule has 90 valence electrons. The lowest BCUT2D eigenvalue weighted by molar-refractivity contribution is 0.567. The van der Waals surface area contributed by atoms with Crippen LogP contribution in [0.2, 0.25) is 5.02 Å². The lowest BCUT2D eigenvalue weighted by Crippen LogP contribution is -2.18. The SMILES string of the molecule is C[C@H](NCc1cn(C)nn1)c1cccc(Cl)c1. The number of nitrogens with one attached hydrogen (secondary N) is 1. The van der Waals surface area contributed by atoms with Gasteiger partial charge in [0.05, 0.1) is 5.69 Å². The molecule has 0 saturated heterocycles. The molecular formula is C12H15ClN4. The van der Waals surface area contributed by atoms with Crippen molar-refractivity contribution in [3.63, 3.8) is 0 Å². The van der Waals surface area contributed by atoms with E-state index < -0.39 is 0 Å². The minimum Gasteiger partial charge on any atom is -0.304 e. The summed E-state index contributed by atoms with van der Waals surface area (Å²) in [6, 6.07) is 8.09. The number of aromatic nitrogens is 3. The summed E-state index contributed by atoms with van der Waals surface area (Å²) in [6.07, 6.45) is 1.90. The first-order chi connectivity index (χ1) is 8.15. The van der Waals surface area contributed by atoms with Gasteiger partial charge >= 0.3 is 0 Å². The van der Waals surface area contributed by atoms with Gasteiger partial charge in [0.2, 0.25) is 0 Å². The molecule has 0 unspecified atom stereocenters. The summed E-state index contributed by atoms with van der Waals surface area (Å²) >= 11 is 5.96. The molecule has 1 aromatic heterocycles. The van der Waals surface area contributed by atoms with Gasteiger partial charge in [0.15, 0.2) is 0 Å². The third kappa shape index (κ3) is 3.28. The highest BCUT2D eigenvalue weighted by molar-refractivity contribution is 6.30. The van der Waals surface area contributed by atoms with E-state index in [9.17, 15) is 0 Å². The van der Waals surface area contributed by atoms with E-state index in [1.54, 1.807) is 4.68 Å². The Balaban J connectivity index is 1.95. The molecule has 1 N–H and O–H groups in total. The average molecular weight is 251 g/mol. The molecule has 1 aromatic carbocycles. The Morgan fingerprint density at radius 1 is 1.47 bits per heavy atom. The molecule has 1 atom stereocenters. The number of aryl methyl sites for hydroxylation is 1. The van der Waals surface area contributed by atoms with Gasteiger partial charge in [-0.1, -0.05) is 28.9 Å². The number of benzene rings is 1. The van der Waals surface area contributed by atoms with Gasteiger partial charge in [-0.3, -0.25) is 4.68 Å². The zero-order valence-corrected chi connectivity index (χ0v) is 10.6. The molecule has 0 fully saturated rings. The van der Waals surface area contributed by atoms with E-state index in [1.165, 1.54) is 5.56 Å². The molecule has 1 heterocycles. The van der Waals surface area contributed by atoms with Crippen LogP contribution in [-0.2, 0) is 13.6 Å². The standard InChI is InChI=1S/C12H15ClN4/c1-9(10-4-3-5-11(13)6-10)14-7-12-8-17(2)16-15-12/h3-6,8-9,14H,7H2,1-2H3/t9-/m0/s1. The van der Waals surface area contributed by atoms with Gasteiger partial charge in [-0.05, 0) is 24.6 Å². The lowest BCUT2D eigenvalue weighted by atomic mass is 10.1. The summed E-state index contributed by atoms with van der Waals surface area (Å²) in [7, 11) is 1.86. The molecule has 4 nitrogen and oxygen atoms in total. The van der Waals surface area contributed by atoms with Crippen molar-refractivity contribution in [1.82, 2.24) is 20.3 Å². The minimum atomic E-state index is 0.232. The third-order valence-corrected chi connectivity index (χ3v) is 2.82. The Morgan fingerprint density at radius 2 is 2.29 bits per heavy atom. The van der Waals surface area contributed by atoms with Gasteiger partial charge in [0.1, 0.15) is 0 Å². The molecule has 0 aliphatic heterocycles. The van der Waals surface area contributed by atoms with E-state index in [-0.39, 0.29) is 6.04 Å². The summed E-state index contributed by atoms with van der Waals surface area (Å²) < 4.78 is 1.70. The summed E-state index contributed by atoms with van der Waals surface area (Å²) in [5.41, 5.74) is 2.10. The van der Waals surface area contributed by atoms with Crippen LogP contribution in [0.1, 0.15) is 24.2 Å². The van der Waals surface area contributed by atoms with Gasteiger partial charge < -0.3 is 5.32 Å². The Hall–Kier alpha value is -1.39. The second-order valence-corrected chi connectivity index (χ2v) is 4.48. The Labute approximate surface area is 106 Å². The smallest absolute Gasteiger partial charge is 0.0964 e. The fourth-order valence-electron chi connectivity index (χ4n) is 1.63. The van der Waals surface area contributed by atoms with Crippen LogP contribution in [0, 0.1) is 0 Å². The van der Waals surface area contributed by atoms with Crippen LogP contribution in [0.15, 0.2) is 30.5 Å². The molecule has 0 spiro atoms. The van der Waals surface area contributed by atoms with Crippen molar-refractivity contribution in [3.05, 3.63) is 46.7 Å². The van der Waals surface area contributed by atoms with Crippen molar-refractivity contribution < 1.29 is 0 Å². The highest BCUT2D eigenvalue weighted by atomic mass is 35.5. The molecule has 2 aromatic rings. The number of halogens is 1. The Bertz CT molecular complexity index is 495. The Morgan fingerprint density at radius 3 is 2.94 bits per heavy atom. The van der Waals surface area contributed by atoms with Gasteiger partial charge in [0, 0.05) is 30.9 Å². The highest BCUT2D eigenvalue weighted by Crippen LogP contribution is 2.17. The second kappa shape index (κ2) is 5.29. The van der Waals surface area contributed by atoms with E-state index in [0.717, 1.165) is 10.7 Å². The molecular weight excluding hydrogens is 236 g/mol. The van der Waals surface area contributed by atoms with Crippen molar-refractivity contribution in [2.24, 2.45) is 7.05 Å². The molecule has 0 bridgehead atoms. The monoisotopic (exact) mass is 250 g/mol. The number of hydrogen-bond acceptors (Lipinski definition) is 3. The van der Waals surface area contributed by atoms with Crippen LogP contribution in [0.25, 0.3) is 0 Å². The number of hydrogen-bond donors (Lipinski definition) is 1. The second-order valence-electron chi connectivity index (χ2n) is 4.04. The molecule has 17 heavy (non-hydrogen) atoms. The fourth-order valence-corrected chi connectivity index (χ4v) is 1.83. The molecule has 0 radical (unpaired) electrons. The normalized spacial score (nSPS) is 12.6. The first-order valence-electron chi connectivity index (χ1n) is 5.49. The van der Waals surface area contributed by atoms with Crippen LogP contribution in [-0.4, -0.2) is 15.0 Å². The van der Waals surface area contributed by atoms with E-state index in [4.69, 9.17) is 11.6 Å². The molecule has 0 saturated carbocycles. The van der Waals surface area contributed by atoms with Crippen LogP contribution < -0.4 is 5.32 Å². The van der Waals surface area contributed by atoms with Gasteiger partial charge in [-0.15, -0.1) is 5.10 Å². The predicted molar refractivity (Wildman–Crippen MR) is 67.7 cm³/mol. The molecule has 0 amide bonds. The van der Waals surface area contributed by atoms with E-state index in [2.05, 4.69) is 28.6 Å². The molecule has 0 aliphatic carbocycles. The van der Waals surface area contributed by atoms with Gasteiger partial charge in [0.25, 0.3) is 0 Å². The van der Waals surface area contributed by atoms with Gasteiger partial charge in [-0.2, -0.15) is 0 Å². The van der Waals surface area contributed by atoms with Crippen LogP contribution in [0.3, 0.4) is 0 Å². The minimum absolute atomic E-state index is 0.232. The maximum atomic E-state index is 5.96. The first-order valence-corrected chi connectivity index (χ1v) is 5.87. The van der Waals surface area contributed by atoms with Crippen molar-refractivity contribution in [2.45, 2.75) is 19.5 Å². The summed E-state index contributed by atoms with van der Waals surface area (Å²) in [6.45, 7) is 2.80. The lowest BCUT2D eigenvalue weighted by Gasteiger charge is -2.13. The maximum Gasteiger partial charge on any atom is 0.0964 e. The van der Waals surface area contributed by atoms with E-state index >= 15 is 0 Å². The number of rotatable bonds is 4. The largest absolute Gasteiger partial charge is 0.304 e. The highest BCUT2D eigenvalue weighted by Gasteiger charge is 2.06. The van der Waals surface area contributed by atoms with Gasteiger partial charge in [-0.25, -0.2) is 0 Å². The van der Waals surface area contributed by atoms with Crippen LogP contribution in [0.4, 0.5) is 0 Å². The van der Waals surface area contributed by atoms with Crippen molar-refractivity contribution in [3.8, 4) is 0 Å². The average Bonchev–Trinajstić information content (AvgIpc) is 2.72. The predicted octanol–water partition coefficient (Wildman–Crippen LogP) is 2.32. The van der Waals surface area contributed by atoms with E-state index in [1.807, 2.05) is 31.4 Å². The van der Waals surface area contributed by atoms with Crippen LogP contribution in [0.5, 0.6) is 0 Å². The molecule has 0 aliphatic rings. The van der Waals surface area contributed by atoms with E-state index in [0.29, 0.717) is 6.54 Å². The van der Waals surface area contributed by atoms with Crippen molar-refractivity contribution >= 4 is 11.6 Å². The zero-order chi connectivity index (χ0) is 12.3. The maximum absolute atomic E-state index is 5.96. The third-order valence-electron chi connectivity index (χ3n) is 2.59. The summed E-state index contributed by atoms with van der Waals surface area (Å²) in [5.74, 6) is 0. The quantitative estimate of drug-likeness (QED) is 0.906.